The zero-order valence-corrected chi connectivity index (χ0v) is 21.2. The number of benzene rings is 3. The number of pyridine rings is 1. The molecule has 3 aromatic carbocycles. The first-order valence-corrected chi connectivity index (χ1v) is 12.4. The summed E-state index contributed by atoms with van der Waals surface area (Å²) in [4.78, 5) is 17.8. The summed E-state index contributed by atoms with van der Waals surface area (Å²) in [5.74, 6) is -0.159. The highest BCUT2D eigenvalue weighted by molar-refractivity contribution is 8.00. The normalized spacial score (nSPS) is 11.5. The van der Waals surface area contributed by atoms with Crippen molar-refractivity contribution >= 4 is 35.0 Å². The van der Waals surface area contributed by atoms with E-state index in [0.717, 1.165) is 27.9 Å². The van der Waals surface area contributed by atoms with Crippen molar-refractivity contribution in [3.8, 4) is 28.5 Å². The summed E-state index contributed by atoms with van der Waals surface area (Å²) in [7, 11) is 0. The summed E-state index contributed by atoms with van der Waals surface area (Å²) >= 11 is 7.77. The van der Waals surface area contributed by atoms with Gasteiger partial charge in [-0.25, -0.2) is 4.98 Å². The van der Waals surface area contributed by atoms with Crippen LogP contribution >= 0.6 is 23.4 Å². The van der Waals surface area contributed by atoms with Crippen LogP contribution in [0, 0.1) is 25.2 Å². The number of nitrogens with one attached hydrogen (secondary N) is 1. The van der Waals surface area contributed by atoms with Gasteiger partial charge < -0.3 is 5.32 Å². The van der Waals surface area contributed by atoms with Gasteiger partial charge in [-0.3, -0.25) is 4.79 Å². The Morgan fingerprint density at radius 2 is 1.69 bits per heavy atom. The lowest BCUT2D eigenvalue weighted by atomic mass is 9.99. The number of aromatic nitrogens is 1. The summed E-state index contributed by atoms with van der Waals surface area (Å²) in [6.45, 7) is 5.86. The molecule has 0 aliphatic heterocycles. The molecule has 174 valence electrons. The first-order valence-electron chi connectivity index (χ1n) is 11.2. The lowest BCUT2D eigenvalue weighted by Gasteiger charge is -2.16. The van der Waals surface area contributed by atoms with E-state index >= 15 is 0 Å². The van der Waals surface area contributed by atoms with E-state index in [1.54, 1.807) is 6.07 Å². The van der Waals surface area contributed by atoms with Gasteiger partial charge in [0.25, 0.3) is 0 Å². The molecule has 35 heavy (non-hydrogen) atoms. The van der Waals surface area contributed by atoms with Crippen LogP contribution in [0.2, 0.25) is 5.02 Å². The fourth-order valence-corrected chi connectivity index (χ4v) is 4.81. The number of aryl methyl sites for hydroxylation is 2. The highest BCUT2D eigenvalue weighted by Crippen LogP contribution is 2.38. The number of thioether (sulfide) groups is 1. The molecule has 0 fully saturated rings. The van der Waals surface area contributed by atoms with E-state index in [9.17, 15) is 10.1 Å². The molecule has 4 rings (SSSR count). The van der Waals surface area contributed by atoms with E-state index in [0.29, 0.717) is 26.9 Å². The predicted molar refractivity (Wildman–Crippen MR) is 145 cm³/mol. The van der Waals surface area contributed by atoms with Gasteiger partial charge in [-0.2, -0.15) is 5.26 Å². The number of carbonyl (C=O) groups is 1. The monoisotopic (exact) mass is 497 g/mol. The van der Waals surface area contributed by atoms with Gasteiger partial charge in [0.15, 0.2) is 0 Å². The molecule has 0 aliphatic carbocycles. The molecule has 0 spiro atoms. The van der Waals surface area contributed by atoms with Gasteiger partial charge in [0.05, 0.1) is 16.5 Å². The molecular formula is C29H24ClN3OS. The summed E-state index contributed by atoms with van der Waals surface area (Å²) in [5, 5.41) is 13.6. The highest BCUT2D eigenvalue weighted by Gasteiger charge is 2.22. The number of anilines is 1. The zero-order chi connectivity index (χ0) is 24.9. The summed E-state index contributed by atoms with van der Waals surface area (Å²) in [5.41, 5.74) is 6.48. The largest absolute Gasteiger partial charge is 0.325 e. The first kappa shape index (κ1) is 24.5. The summed E-state index contributed by atoms with van der Waals surface area (Å²) in [6.07, 6.45) is 0. The van der Waals surface area contributed by atoms with Crippen LogP contribution in [-0.4, -0.2) is 16.1 Å². The van der Waals surface area contributed by atoms with Gasteiger partial charge in [0.1, 0.15) is 11.1 Å². The van der Waals surface area contributed by atoms with E-state index in [4.69, 9.17) is 16.6 Å². The third-order valence-corrected chi connectivity index (χ3v) is 7.18. The number of halogens is 1. The van der Waals surface area contributed by atoms with Crippen molar-refractivity contribution in [2.45, 2.75) is 31.0 Å². The van der Waals surface area contributed by atoms with Gasteiger partial charge in [-0.1, -0.05) is 78.0 Å². The smallest absolute Gasteiger partial charge is 0.237 e. The second-order valence-corrected chi connectivity index (χ2v) is 9.98. The SMILES string of the molecule is Cc1ccc(NC(=O)C(C)Sc2nc(-c3ccccc3)cc(-c3ccccc3Cl)c2C#N)cc1C. The van der Waals surface area contributed by atoms with Crippen molar-refractivity contribution in [2.75, 3.05) is 5.32 Å². The number of hydrogen-bond donors (Lipinski definition) is 1. The molecule has 0 radical (unpaired) electrons. The summed E-state index contributed by atoms with van der Waals surface area (Å²) < 4.78 is 0. The Labute approximate surface area is 215 Å². The standard InChI is InChI=1S/C29H24ClN3OS/c1-18-13-14-22(15-19(18)2)32-28(34)20(3)35-29-25(17-31)24(23-11-7-8-12-26(23)30)16-27(33-29)21-9-5-4-6-10-21/h4-16,20H,1-3H3,(H,32,34). The number of rotatable bonds is 6. The van der Waals surface area contributed by atoms with Crippen LogP contribution in [0.15, 0.2) is 83.9 Å². The van der Waals surface area contributed by atoms with Crippen molar-refractivity contribution < 1.29 is 4.79 Å². The fraction of sp³-hybridized carbons (Fsp3) is 0.138. The molecule has 1 atom stereocenters. The van der Waals surface area contributed by atoms with Crippen LogP contribution in [0.4, 0.5) is 5.69 Å². The molecule has 1 heterocycles. The van der Waals surface area contributed by atoms with E-state index in [1.165, 1.54) is 11.8 Å². The van der Waals surface area contributed by atoms with E-state index < -0.39 is 5.25 Å². The van der Waals surface area contributed by atoms with Crippen LogP contribution in [0.5, 0.6) is 0 Å². The molecule has 0 saturated carbocycles. The second kappa shape index (κ2) is 10.8. The molecule has 0 bridgehead atoms. The molecule has 0 saturated heterocycles. The van der Waals surface area contributed by atoms with Crippen molar-refractivity contribution in [1.29, 1.82) is 5.26 Å². The van der Waals surface area contributed by atoms with Crippen molar-refractivity contribution in [3.05, 3.63) is 101 Å². The quantitative estimate of drug-likeness (QED) is 0.277. The van der Waals surface area contributed by atoms with E-state index in [1.807, 2.05) is 93.6 Å². The number of nitrogens with zero attached hydrogens (tertiary/aromatic N) is 2. The van der Waals surface area contributed by atoms with E-state index in [-0.39, 0.29) is 5.91 Å². The topological polar surface area (TPSA) is 65.8 Å². The molecule has 0 aliphatic rings. The predicted octanol–water partition coefficient (Wildman–Crippen LogP) is 7.68. The maximum atomic E-state index is 13.0. The van der Waals surface area contributed by atoms with E-state index in [2.05, 4.69) is 11.4 Å². The van der Waals surface area contributed by atoms with Gasteiger partial charge in [-0.05, 0) is 56.2 Å². The maximum absolute atomic E-state index is 13.0. The number of amides is 1. The zero-order valence-electron chi connectivity index (χ0n) is 19.7. The Morgan fingerprint density at radius 1 is 0.971 bits per heavy atom. The minimum Gasteiger partial charge on any atom is -0.325 e. The number of hydrogen-bond acceptors (Lipinski definition) is 4. The Morgan fingerprint density at radius 3 is 2.37 bits per heavy atom. The van der Waals surface area contributed by atoms with Crippen LogP contribution in [0.1, 0.15) is 23.6 Å². The average Bonchev–Trinajstić information content (AvgIpc) is 2.86. The molecule has 6 heteroatoms. The maximum Gasteiger partial charge on any atom is 0.237 e. The number of carbonyl (C=O) groups excluding carboxylic acids is 1. The van der Waals surface area contributed by atoms with Crippen molar-refractivity contribution in [1.82, 2.24) is 4.98 Å². The second-order valence-electron chi connectivity index (χ2n) is 8.24. The Hall–Kier alpha value is -3.59. The molecule has 1 amide bonds. The minimum atomic E-state index is -0.485. The van der Waals surface area contributed by atoms with Gasteiger partial charge in [0.2, 0.25) is 5.91 Å². The Balaban J connectivity index is 1.73. The Kier molecular flexibility index (Phi) is 7.55. The summed E-state index contributed by atoms with van der Waals surface area (Å²) in [6, 6.07) is 27.2. The highest BCUT2D eigenvalue weighted by atomic mass is 35.5. The average molecular weight is 498 g/mol. The molecule has 1 aromatic heterocycles. The lowest BCUT2D eigenvalue weighted by Crippen LogP contribution is -2.22. The van der Waals surface area contributed by atoms with Gasteiger partial charge in [-0.15, -0.1) is 0 Å². The van der Waals surface area contributed by atoms with Crippen molar-refractivity contribution in [3.63, 3.8) is 0 Å². The molecule has 4 nitrogen and oxygen atoms in total. The van der Waals surface area contributed by atoms with Gasteiger partial charge >= 0.3 is 0 Å². The van der Waals surface area contributed by atoms with Crippen LogP contribution in [0.3, 0.4) is 0 Å². The third kappa shape index (κ3) is 5.57. The fourth-order valence-electron chi connectivity index (χ4n) is 3.65. The first-order chi connectivity index (χ1) is 16.9. The molecular weight excluding hydrogens is 474 g/mol. The molecule has 4 aromatic rings. The number of nitriles is 1. The lowest BCUT2D eigenvalue weighted by molar-refractivity contribution is -0.115. The van der Waals surface area contributed by atoms with Gasteiger partial charge in [0, 0.05) is 27.4 Å². The van der Waals surface area contributed by atoms with Crippen LogP contribution < -0.4 is 5.32 Å². The van der Waals surface area contributed by atoms with Crippen molar-refractivity contribution in [2.24, 2.45) is 0 Å². The third-order valence-electron chi connectivity index (χ3n) is 5.76. The van der Waals surface area contributed by atoms with Crippen LogP contribution in [-0.2, 0) is 4.79 Å². The van der Waals surface area contributed by atoms with Crippen LogP contribution in [0.25, 0.3) is 22.4 Å². The minimum absolute atomic E-state index is 0.159. The molecule has 1 N–H and O–H groups in total. The Bertz CT molecular complexity index is 1430. The molecule has 1 unspecified atom stereocenters.